The van der Waals surface area contributed by atoms with E-state index in [1.165, 1.54) is 10.8 Å². The number of hydrazone groups is 1. The van der Waals surface area contributed by atoms with Crippen molar-refractivity contribution in [3.63, 3.8) is 0 Å². The van der Waals surface area contributed by atoms with E-state index in [2.05, 4.69) is 55.0 Å². The van der Waals surface area contributed by atoms with E-state index in [4.69, 9.17) is 9.47 Å². The van der Waals surface area contributed by atoms with Gasteiger partial charge in [0.2, 0.25) is 0 Å². The van der Waals surface area contributed by atoms with Gasteiger partial charge in [-0.25, -0.2) is 5.43 Å². The van der Waals surface area contributed by atoms with Gasteiger partial charge in [-0.1, -0.05) is 60.7 Å². The first kappa shape index (κ1) is 21.5. The number of anilines is 1. The summed E-state index contributed by atoms with van der Waals surface area (Å²) in [5.41, 5.74) is 7.12. The Morgan fingerprint density at radius 3 is 2.64 bits per heavy atom. The molecule has 0 bridgehead atoms. The van der Waals surface area contributed by atoms with Crippen LogP contribution in [-0.4, -0.2) is 33.5 Å². The van der Waals surface area contributed by atoms with Crippen LogP contribution in [0, 0.1) is 0 Å². The van der Waals surface area contributed by atoms with E-state index in [1.807, 2.05) is 60.7 Å². The minimum atomic E-state index is 0.298. The maximum atomic E-state index is 6.10. The molecular weight excluding hydrogens is 452 g/mol. The molecule has 8 nitrogen and oxygen atoms in total. The molecule has 8 heteroatoms. The van der Waals surface area contributed by atoms with Gasteiger partial charge in [-0.2, -0.15) is 10.1 Å². The molecule has 0 aliphatic rings. The SMILES string of the molecule is COc1cc(C=NNc2nnc3c(n2)[nH]c2ccccc23)ccc1OCc1cccc2ccccc12. The number of benzene rings is 4. The number of hydrogen-bond acceptors (Lipinski definition) is 7. The molecule has 0 aliphatic carbocycles. The second-order valence-electron chi connectivity index (χ2n) is 8.21. The first-order chi connectivity index (χ1) is 17.8. The Balaban J connectivity index is 1.16. The molecular formula is C28H22N6O2. The monoisotopic (exact) mass is 474 g/mol. The van der Waals surface area contributed by atoms with Crippen LogP contribution in [-0.2, 0) is 6.61 Å². The highest BCUT2D eigenvalue weighted by molar-refractivity contribution is 6.03. The molecule has 0 fully saturated rings. The van der Waals surface area contributed by atoms with Crippen LogP contribution in [0.5, 0.6) is 11.5 Å². The fraction of sp³-hybridized carbons (Fsp3) is 0.0714. The average molecular weight is 475 g/mol. The van der Waals surface area contributed by atoms with Crippen molar-refractivity contribution in [3.8, 4) is 11.5 Å². The van der Waals surface area contributed by atoms with Gasteiger partial charge in [-0.05, 0) is 46.2 Å². The summed E-state index contributed by atoms with van der Waals surface area (Å²) in [5.74, 6) is 1.58. The van der Waals surface area contributed by atoms with Gasteiger partial charge in [0.25, 0.3) is 5.95 Å². The zero-order chi connectivity index (χ0) is 24.3. The van der Waals surface area contributed by atoms with Crippen LogP contribution in [0.2, 0.25) is 0 Å². The minimum Gasteiger partial charge on any atom is -0.493 e. The summed E-state index contributed by atoms with van der Waals surface area (Å²) in [7, 11) is 1.62. The second kappa shape index (κ2) is 9.34. The Kier molecular flexibility index (Phi) is 5.59. The number of ether oxygens (including phenoxy) is 2. The topological polar surface area (TPSA) is 97.3 Å². The molecule has 6 rings (SSSR count). The third kappa shape index (κ3) is 4.16. The normalized spacial score (nSPS) is 11.5. The fourth-order valence-corrected chi connectivity index (χ4v) is 4.19. The van der Waals surface area contributed by atoms with E-state index in [-0.39, 0.29) is 0 Å². The lowest BCUT2D eigenvalue weighted by molar-refractivity contribution is 0.285. The summed E-state index contributed by atoms with van der Waals surface area (Å²) < 4.78 is 11.7. The van der Waals surface area contributed by atoms with Gasteiger partial charge in [-0.15, -0.1) is 10.2 Å². The van der Waals surface area contributed by atoms with Gasteiger partial charge in [0.05, 0.1) is 13.3 Å². The van der Waals surface area contributed by atoms with Gasteiger partial charge in [0, 0.05) is 10.9 Å². The van der Waals surface area contributed by atoms with Crippen LogP contribution >= 0.6 is 0 Å². The Morgan fingerprint density at radius 1 is 0.889 bits per heavy atom. The maximum absolute atomic E-state index is 6.10. The average Bonchev–Trinajstić information content (AvgIpc) is 3.30. The molecule has 0 atom stereocenters. The number of aromatic amines is 1. The number of nitrogens with one attached hydrogen (secondary N) is 2. The highest BCUT2D eigenvalue weighted by atomic mass is 16.5. The molecule has 0 amide bonds. The van der Waals surface area contributed by atoms with E-state index >= 15 is 0 Å². The van der Waals surface area contributed by atoms with Gasteiger partial charge in [0.1, 0.15) is 12.1 Å². The Labute approximate surface area is 206 Å². The Hall–Kier alpha value is -4.98. The molecule has 176 valence electrons. The number of hydrogen-bond donors (Lipinski definition) is 2. The number of nitrogens with zero attached hydrogens (tertiary/aromatic N) is 4. The molecule has 0 spiro atoms. The zero-order valence-corrected chi connectivity index (χ0v) is 19.5. The highest BCUT2D eigenvalue weighted by Gasteiger charge is 2.09. The first-order valence-electron chi connectivity index (χ1n) is 11.5. The van der Waals surface area contributed by atoms with Crippen molar-refractivity contribution in [1.29, 1.82) is 0 Å². The van der Waals surface area contributed by atoms with Gasteiger partial charge < -0.3 is 14.5 Å². The minimum absolute atomic E-state index is 0.298. The van der Waals surface area contributed by atoms with Crippen molar-refractivity contribution in [3.05, 3.63) is 96.1 Å². The van der Waals surface area contributed by atoms with Crippen molar-refractivity contribution in [2.45, 2.75) is 6.61 Å². The lowest BCUT2D eigenvalue weighted by Gasteiger charge is -2.12. The van der Waals surface area contributed by atoms with Crippen LogP contribution in [0.1, 0.15) is 11.1 Å². The zero-order valence-electron chi connectivity index (χ0n) is 19.5. The highest BCUT2D eigenvalue weighted by Crippen LogP contribution is 2.29. The maximum Gasteiger partial charge on any atom is 0.265 e. The van der Waals surface area contributed by atoms with Crippen molar-refractivity contribution in [2.75, 3.05) is 12.5 Å². The molecule has 2 N–H and O–H groups in total. The number of fused-ring (bicyclic) bond motifs is 4. The molecule has 2 heterocycles. The largest absolute Gasteiger partial charge is 0.493 e. The smallest absolute Gasteiger partial charge is 0.265 e. The van der Waals surface area contributed by atoms with Crippen molar-refractivity contribution in [1.82, 2.24) is 20.2 Å². The number of rotatable bonds is 7. The molecule has 0 saturated heterocycles. The molecule has 0 aliphatic heterocycles. The third-order valence-corrected chi connectivity index (χ3v) is 5.95. The summed E-state index contributed by atoms with van der Waals surface area (Å²) in [6.07, 6.45) is 1.66. The first-order valence-corrected chi connectivity index (χ1v) is 11.5. The van der Waals surface area contributed by atoms with Crippen LogP contribution in [0.4, 0.5) is 5.95 Å². The molecule has 36 heavy (non-hydrogen) atoms. The van der Waals surface area contributed by atoms with Gasteiger partial charge in [0.15, 0.2) is 17.1 Å². The standard InChI is InChI=1S/C28H22N6O2/c1-35-25-15-18(13-14-24(25)36-17-20-9-6-8-19-7-2-3-10-21(19)20)16-29-33-28-31-27-26(32-34-28)22-11-4-5-12-23(22)30-27/h2-16H,17H2,1H3,(H2,30,31,33,34). The molecule has 0 saturated carbocycles. The van der Waals surface area contributed by atoms with Crippen LogP contribution in [0.3, 0.4) is 0 Å². The fourth-order valence-electron chi connectivity index (χ4n) is 4.19. The summed E-state index contributed by atoms with van der Waals surface area (Å²) >= 11 is 0. The molecule has 0 radical (unpaired) electrons. The van der Waals surface area contributed by atoms with E-state index in [9.17, 15) is 0 Å². The van der Waals surface area contributed by atoms with Crippen LogP contribution in [0.25, 0.3) is 32.8 Å². The number of para-hydroxylation sites is 1. The molecule has 2 aromatic heterocycles. The predicted octanol–water partition coefficient (Wildman–Crippen LogP) is 5.69. The molecule has 0 unspecified atom stereocenters. The van der Waals surface area contributed by atoms with Crippen LogP contribution < -0.4 is 14.9 Å². The summed E-state index contributed by atoms with van der Waals surface area (Å²) in [5, 5.41) is 16.0. The van der Waals surface area contributed by atoms with E-state index in [0.29, 0.717) is 29.7 Å². The Bertz CT molecular complexity index is 1720. The van der Waals surface area contributed by atoms with E-state index in [1.54, 1.807) is 13.3 Å². The predicted molar refractivity (Wildman–Crippen MR) is 142 cm³/mol. The lowest BCUT2D eigenvalue weighted by atomic mass is 10.1. The van der Waals surface area contributed by atoms with Crippen LogP contribution in [0.15, 0.2) is 90.0 Å². The van der Waals surface area contributed by atoms with E-state index < -0.39 is 0 Å². The number of H-pyrrole nitrogens is 1. The third-order valence-electron chi connectivity index (χ3n) is 5.95. The summed E-state index contributed by atoms with van der Waals surface area (Å²) in [6, 6.07) is 28.0. The summed E-state index contributed by atoms with van der Waals surface area (Å²) in [6.45, 7) is 0.438. The van der Waals surface area contributed by atoms with Crippen molar-refractivity contribution >= 4 is 45.0 Å². The quantitative estimate of drug-likeness (QED) is 0.228. The Morgan fingerprint density at radius 2 is 1.72 bits per heavy atom. The number of methoxy groups -OCH3 is 1. The van der Waals surface area contributed by atoms with Crippen molar-refractivity contribution in [2.24, 2.45) is 5.10 Å². The van der Waals surface area contributed by atoms with Crippen molar-refractivity contribution < 1.29 is 9.47 Å². The molecule has 4 aromatic carbocycles. The molecule has 6 aromatic rings. The van der Waals surface area contributed by atoms with Gasteiger partial charge in [-0.3, -0.25) is 0 Å². The lowest BCUT2D eigenvalue weighted by Crippen LogP contribution is -2.00. The van der Waals surface area contributed by atoms with Gasteiger partial charge >= 0.3 is 0 Å². The summed E-state index contributed by atoms with van der Waals surface area (Å²) in [4.78, 5) is 7.71. The number of aromatic nitrogens is 4. The van der Waals surface area contributed by atoms with E-state index in [0.717, 1.165) is 27.5 Å². The second-order valence-corrected chi connectivity index (χ2v) is 8.21.